The van der Waals surface area contributed by atoms with E-state index in [2.05, 4.69) is 31.2 Å². The van der Waals surface area contributed by atoms with Crippen molar-refractivity contribution in [1.82, 2.24) is 34.5 Å². The summed E-state index contributed by atoms with van der Waals surface area (Å²) in [5.74, 6) is 2.66. The lowest BCUT2D eigenvalue weighted by Gasteiger charge is -2.04. The standard InChI is InChI=1S/C18H17N7/c1-11-20-18(15-9-16(12-7-8-12)24(2)23-15)25(22-11)17-10-19-13-5-3-4-6-14(13)21-17/h3-6,9-10,12H,7-8H2,1-2H3. The van der Waals surface area contributed by atoms with Crippen molar-refractivity contribution in [2.24, 2.45) is 7.05 Å². The molecule has 7 nitrogen and oxygen atoms in total. The van der Waals surface area contributed by atoms with Gasteiger partial charge in [-0.05, 0) is 38.0 Å². The zero-order valence-electron chi connectivity index (χ0n) is 14.1. The molecule has 0 spiro atoms. The van der Waals surface area contributed by atoms with E-state index in [4.69, 9.17) is 0 Å². The van der Waals surface area contributed by atoms with Gasteiger partial charge in [0.15, 0.2) is 11.6 Å². The molecule has 25 heavy (non-hydrogen) atoms. The van der Waals surface area contributed by atoms with Crippen LogP contribution < -0.4 is 0 Å². The van der Waals surface area contributed by atoms with Crippen LogP contribution in [-0.4, -0.2) is 34.5 Å². The summed E-state index contributed by atoms with van der Waals surface area (Å²) in [5.41, 5.74) is 3.77. The molecule has 0 N–H and O–H groups in total. The van der Waals surface area contributed by atoms with Crippen LogP contribution in [0, 0.1) is 6.92 Å². The fourth-order valence-electron chi connectivity index (χ4n) is 3.14. The first-order chi connectivity index (χ1) is 12.2. The third-order valence-corrected chi connectivity index (χ3v) is 4.51. The lowest BCUT2D eigenvalue weighted by atomic mass is 10.2. The third kappa shape index (κ3) is 2.39. The van der Waals surface area contributed by atoms with Gasteiger partial charge in [0.05, 0.1) is 17.2 Å². The lowest BCUT2D eigenvalue weighted by Crippen LogP contribution is -2.04. The second-order valence-electron chi connectivity index (χ2n) is 6.46. The van der Waals surface area contributed by atoms with Crippen molar-refractivity contribution in [2.75, 3.05) is 0 Å². The van der Waals surface area contributed by atoms with Gasteiger partial charge in [0.1, 0.15) is 11.5 Å². The highest BCUT2D eigenvalue weighted by Gasteiger charge is 2.28. The van der Waals surface area contributed by atoms with Crippen molar-refractivity contribution in [3.63, 3.8) is 0 Å². The van der Waals surface area contributed by atoms with Crippen molar-refractivity contribution in [2.45, 2.75) is 25.7 Å². The Morgan fingerprint density at radius 2 is 1.84 bits per heavy atom. The molecule has 0 atom stereocenters. The van der Waals surface area contributed by atoms with Gasteiger partial charge in [-0.3, -0.25) is 9.67 Å². The summed E-state index contributed by atoms with van der Waals surface area (Å²) < 4.78 is 3.68. The maximum absolute atomic E-state index is 4.69. The van der Waals surface area contributed by atoms with Crippen LogP contribution >= 0.6 is 0 Å². The highest BCUT2D eigenvalue weighted by molar-refractivity contribution is 5.74. The Balaban J connectivity index is 1.65. The van der Waals surface area contributed by atoms with Crippen LogP contribution in [0.5, 0.6) is 0 Å². The normalized spacial score (nSPS) is 14.3. The molecule has 1 saturated carbocycles. The van der Waals surface area contributed by atoms with Gasteiger partial charge >= 0.3 is 0 Å². The highest BCUT2D eigenvalue weighted by atomic mass is 15.4. The molecule has 124 valence electrons. The van der Waals surface area contributed by atoms with Crippen LogP contribution in [0.4, 0.5) is 0 Å². The van der Waals surface area contributed by atoms with Crippen LogP contribution in [-0.2, 0) is 7.05 Å². The van der Waals surface area contributed by atoms with E-state index >= 15 is 0 Å². The van der Waals surface area contributed by atoms with Gasteiger partial charge in [-0.25, -0.2) is 9.97 Å². The van der Waals surface area contributed by atoms with Gasteiger partial charge in [-0.2, -0.15) is 9.78 Å². The van der Waals surface area contributed by atoms with Crippen LogP contribution in [0.1, 0.15) is 30.3 Å². The molecule has 0 amide bonds. The van der Waals surface area contributed by atoms with Gasteiger partial charge < -0.3 is 0 Å². The average Bonchev–Trinajstić information content (AvgIpc) is 3.28. The summed E-state index contributed by atoms with van der Waals surface area (Å²) in [5, 5.41) is 9.17. The molecule has 0 saturated heterocycles. The lowest BCUT2D eigenvalue weighted by molar-refractivity contribution is 0.713. The molecule has 0 radical (unpaired) electrons. The first-order valence-corrected chi connectivity index (χ1v) is 8.39. The van der Waals surface area contributed by atoms with E-state index in [1.807, 2.05) is 42.9 Å². The van der Waals surface area contributed by atoms with Crippen molar-refractivity contribution in [1.29, 1.82) is 0 Å². The molecule has 0 aliphatic heterocycles. The molecule has 3 aromatic heterocycles. The molecular weight excluding hydrogens is 314 g/mol. The predicted molar refractivity (Wildman–Crippen MR) is 93.4 cm³/mol. The zero-order chi connectivity index (χ0) is 17.0. The molecule has 1 fully saturated rings. The Labute approximate surface area is 144 Å². The number of aromatic nitrogens is 7. The minimum Gasteiger partial charge on any atom is -0.272 e. The Morgan fingerprint density at radius 3 is 2.64 bits per heavy atom. The molecule has 4 aromatic rings. The zero-order valence-corrected chi connectivity index (χ0v) is 14.1. The number of rotatable bonds is 3. The predicted octanol–water partition coefficient (Wildman–Crippen LogP) is 2.80. The van der Waals surface area contributed by atoms with E-state index < -0.39 is 0 Å². The number of fused-ring (bicyclic) bond motifs is 1. The Bertz CT molecular complexity index is 1090. The second kappa shape index (κ2) is 5.20. The quantitative estimate of drug-likeness (QED) is 0.577. The molecule has 1 aromatic carbocycles. The minimum absolute atomic E-state index is 0.629. The first-order valence-electron chi connectivity index (χ1n) is 8.39. The maximum Gasteiger partial charge on any atom is 0.185 e. The van der Waals surface area contributed by atoms with Crippen LogP contribution in [0.25, 0.3) is 28.4 Å². The highest BCUT2D eigenvalue weighted by Crippen LogP contribution is 2.40. The molecule has 0 unspecified atom stereocenters. The Hall–Kier alpha value is -3.09. The number of aryl methyl sites for hydroxylation is 2. The third-order valence-electron chi connectivity index (χ3n) is 4.51. The Kier molecular flexibility index (Phi) is 2.97. The topological polar surface area (TPSA) is 74.3 Å². The van der Waals surface area contributed by atoms with Crippen molar-refractivity contribution >= 4 is 11.0 Å². The molecule has 1 aliphatic rings. The molecular formula is C18H17N7. The summed E-state index contributed by atoms with van der Waals surface area (Å²) >= 11 is 0. The van der Waals surface area contributed by atoms with Crippen LogP contribution in [0.15, 0.2) is 36.5 Å². The van der Waals surface area contributed by atoms with Gasteiger partial charge in [0, 0.05) is 18.7 Å². The smallest absolute Gasteiger partial charge is 0.185 e. The number of hydrogen-bond donors (Lipinski definition) is 0. The van der Waals surface area contributed by atoms with Gasteiger partial charge in [-0.15, -0.1) is 5.10 Å². The van der Waals surface area contributed by atoms with E-state index in [9.17, 15) is 0 Å². The molecule has 1 aliphatic carbocycles. The van der Waals surface area contributed by atoms with E-state index in [-0.39, 0.29) is 0 Å². The minimum atomic E-state index is 0.629. The van der Waals surface area contributed by atoms with Crippen LogP contribution in [0.3, 0.4) is 0 Å². The molecule has 5 rings (SSSR count). The molecule has 7 heteroatoms. The monoisotopic (exact) mass is 331 g/mol. The SMILES string of the molecule is Cc1nc(-c2cc(C3CC3)n(C)n2)n(-c2cnc3ccccc3n2)n1. The first kappa shape index (κ1) is 14.3. The largest absolute Gasteiger partial charge is 0.272 e. The van der Waals surface area contributed by atoms with Crippen molar-refractivity contribution < 1.29 is 0 Å². The van der Waals surface area contributed by atoms with Gasteiger partial charge in [-0.1, -0.05) is 12.1 Å². The van der Waals surface area contributed by atoms with E-state index in [1.54, 1.807) is 10.9 Å². The fourth-order valence-corrected chi connectivity index (χ4v) is 3.14. The number of benzene rings is 1. The summed E-state index contributed by atoms with van der Waals surface area (Å²) in [6, 6.07) is 9.91. The van der Waals surface area contributed by atoms with Gasteiger partial charge in [0.25, 0.3) is 0 Å². The fraction of sp³-hybridized carbons (Fsp3) is 0.278. The number of nitrogens with zero attached hydrogens (tertiary/aromatic N) is 7. The number of para-hydroxylation sites is 2. The summed E-state index contributed by atoms with van der Waals surface area (Å²) in [7, 11) is 1.99. The van der Waals surface area contributed by atoms with E-state index in [1.165, 1.54) is 18.5 Å². The van der Waals surface area contributed by atoms with Crippen LogP contribution in [0.2, 0.25) is 0 Å². The van der Waals surface area contributed by atoms with E-state index in [0.29, 0.717) is 23.4 Å². The van der Waals surface area contributed by atoms with Gasteiger partial charge in [0.2, 0.25) is 0 Å². The number of hydrogen-bond acceptors (Lipinski definition) is 5. The van der Waals surface area contributed by atoms with Crippen molar-refractivity contribution in [3.8, 4) is 17.3 Å². The summed E-state index contributed by atoms with van der Waals surface area (Å²) in [6.45, 7) is 1.87. The van der Waals surface area contributed by atoms with Crippen molar-refractivity contribution in [3.05, 3.63) is 48.0 Å². The summed E-state index contributed by atoms with van der Waals surface area (Å²) in [6.07, 6.45) is 4.20. The summed E-state index contributed by atoms with van der Waals surface area (Å²) in [4.78, 5) is 13.8. The maximum atomic E-state index is 4.69. The molecule has 0 bridgehead atoms. The molecule has 3 heterocycles. The Morgan fingerprint density at radius 1 is 1.04 bits per heavy atom. The average molecular weight is 331 g/mol. The van der Waals surface area contributed by atoms with E-state index in [0.717, 1.165) is 16.7 Å². The second-order valence-corrected chi connectivity index (χ2v) is 6.46.